The Labute approximate surface area is 158 Å². The third kappa shape index (κ3) is 4.13. The zero-order valence-electron chi connectivity index (χ0n) is 14.4. The lowest BCUT2D eigenvalue weighted by Crippen LogP contribution is -2.27. The number of benzene rings is 2. The molecule has 3 rings (SSSR count). The van der Waals surface area contributed by atoms with Crippen molar-refractivity contribution in [2.75, 3.05) is 0 Å². The molecule has 3 aromatic rings. The van der Waals surface area contributed by atoms with E-state index in [0.29, 0.717) is 5.56 Å². The van der Waals surface area contributed by atoms with Crippen LogP contribution in [0.1, 0.15) is 16.1 Å². The first-order valence-corrected chi connectivity index (χ1v) is 8.10. The Morgan fingerprint density at radius 3 is 2.36 bits per heavy atom. The highest BCUT2D eigenvalue weighted by molar-refractivity contribution is 6.02. The molecule has 0 radical (unpaired) electrons. The summed E-state index contributed by atoms with van der Waals surface area (Å²) in [6.07, 6.45) is 1.14. The van der Waals surface area contributed by atoms with Gasteiger partial charge in [-0.2, -0.15) is 0 Å². The van der Waals surface area contributed by atoms with Crippen molar-refractivity contribution < 1.29 is 24.0 Å². The number of para-hydroxylation sites is 1. The third-order valence-electron chi connectivity index (χ3n) is 3.79. The molecule has 0 fully saturated rings. The van der Waals surface area contributed by atoms with Gasteiger partial charge >= 0.3 is 5.97 Å². The quantitative estimate of drug-likeness (QED) is 0.383. The van der Waals surface area contributed by atoms with E-state index in [-0.39, 0.29) is 22.8 Å². The van der Waals surface area contributed by atoms with Gasteiger partial charge in [0.05, 0.1) is 10.5 Å². The average molecular weight is 378 g/mol. The molecule has 1 aromatic heterocycles. The Balaban J connectivity index is 1.88. The molecule has 0 saturated carbocycles. The molecule has 0 aliphatic rings. The fraction of sp³-hybridized carbons (Fsp3) is 0. The predicted molar refractivity (Wildman–Crippen MR) is 100 cm³/mol. The summed E-state index contributed by atoms with van der Waals surface area (Å²) in [5, 5.41) is 22.8. The minimum absolute atomic E-state index is 0.124. The number of carboxylic acids is 1. The van der Waals surface area contributed by atoms with Crippen LogP contribution < -0.4 is 5.32 Å². The maximum Gasteiger partial charge on any atom is 0.352 e. The van der Waals surface area contributed by atoms with Gasteiger partial charge in [0, 0.05) is 17.7 Å². The van der Waals surface area contributed by atoms with E-state index in [9.17, 15) is 24.8 Å². The number of rotatable bonds is 6. The SMILES string of the molecule is O=C(O)/C(=C\c1ccc(-c2ccccc2[N+](=O)[O-])o1)NC(=O)c1ccccc1. The van der Waals surface area contributed by atoms with E-state index in [4.69, 9.17) is 4.42 Å². The van der Waals surface area contributed by atoms with Crippen LogP contribution in [0.25, 0.3) is 17.4 Å². The molecule has 0 spiro atoms. The molecule has 1 amide bonds. The molecule has 0 aliphatic carbocycles. The number of amides is 1. The van der Waals surface area contributed by atoms with Crippen LogP contribution in [-0.2, 0) is 4.79 Å². The lowest BCUT2D eigenvalue weighted by Gasteiger charge is -2.05. The normalized spacial score (nSPS) is 11.1. The van der Waals surface area contributed by atoms with E-state index >= 15 is 0 Å². The van der Waals surface area contributed by atoms with Crippen LogP contribution in [0.2, 0.25) is 0 Å². The van der Waals surface area contributed by atoms with Gasteiger partial charge in [-0.25, -0.2) is 4.79 Å². The van der Waals surface area contributed by atoms with Crippen LogP contribution in [0.4, 0.5) is 5.69 Å². The number of carbonyl (C=O) groups excluding carboxylic acids is 1. The Morgan fingerprint density at radius 1 is 1.00 bits per heavy atom. The van der Waals surface area contributed by atoms with Crippen molar-refractivity contribution in [1.82, 2.24) is 5.32 Å². The van der Waals surface area contributed by atoms with Gasteiger partial charge in [-0.05, 0) is 30.3 Å². The maximum absolute atomic E-state index is 12.2. The van der Waals surface area contributed by atoms with Gasteiger partial charge < -0.3 is 14.8 Å². The number of nitro benzene ring substituents is 1. The largest absolute Gasteiger partial charge is 0.477 e. The molecule has 0 atom stereocenters. The molecule has 2 N–H and O–H groups in total. The number of furan rings is 1. The van der Waals surface area contributed by atoms with Crippen LogP contribution in [0.15, 0.2) is 76.8 Å². The first-order chi connectivity index (χ1) is 13.5. The number of nitro groups is 1. The molecule has 1 heterocycles. The van der Waals surface area contributed by atoms with E-state index < -0.39 is 22.5 Å². The number of hydrogen-bond acceptors (Lipinski definition) is 5. The zero-order valence-corrected chi connectivity index (χ0v) is 14.4. The van der Waals surface area contributed by atoms with Crippen molar-refractivity contribution in [1.29, 1.82) is 0 Å². The summed E-state index contributed by atoms with van der Waals surface area (Å²) >= 11 is 0. The molecule has 0 bridgehead atoms. The van der Waals surface area contributed by atoms with Gasteiger partial charge in [-0.15, -0.1) is 0 Å². The monoisotopic (exact) mass is 378 g/mol. The lowest BCUT2D eigenvalue weighted by atomic mass is 10.1. The number of carbonyl (C=O) groups is 2. The van der Waals surface area contributed by atoms with Crippen molar-refractivity contribution in [3.8, 4) is 11.3 Å². The highest BCUT2D eigenvalue weighted by atomic mass is 16.6. The van der Waals surface area contributed by atoms with Crippen LogP contribution >= 0.6 is 0 Å². The number of aliphatic carboxylic acids is 1. The van der Waals surface area contributed by atoms with E-state index in [1.54, 1.807) is 36.4 Å². The fourth-order valence-corrected chi connectivity index (χ4v) is 2.49. The van der Waals surface area contributed by atoms with Gasteiger partial charge in [0.1, 0.15) is 17.2 Å². The third-order valence-corrected chi connectivity index (χ3v) is 3.79. The summed E-state index contributed by atoms with van der Waals surface area (Å²) in [7, 11) is 0. The molecule has 0 aliphatic heterocycles. The Hall–Kier alpha value is -4.20. The van der Waals surface area contributed by atoms with Crippen molar-refractivity contribution in [3.63, 3.8) is 0 Å². The first-order valence-electron chi connectivity index (χ1n) is 8.10. The van der Waals surface area contributed by atoms with Gasteiger partial charge in [0.15, 0.2) is 0 Å². The van der Waals surface area contributed by atoms with Crippen molar-refractivity contribution in [2.24, 2.45) is 0 Å². The molecule has 8 nitrogen and oxygen atoms in total. The van der Waals surface area contributed by atoms with Crippen LogP contribution in [0.3, 0.4) is 0 Å². The molecular formula is C20H14N2O6. The van der Waals surface area contributed by atoms with Crippen molar-refractivity contribution >= 4 is 23.6 Å². The second-order valence-electron chi connectivity index (χ2n) is 5.66. The summed E-state index contributed by atoms with van der Waals surface area (Å²) in [5.74, 6) is -1.61. The summed E-state index contributed by atoms with van der Waals surface area (Å²) in [6.45, 7) is 0. The minimum atomic E-state index is -1.35. The lowest BCUT2D eigenvalue weighted by molar-refractivity contribution is -0.384. The highest BCUT2D eigenvalue weighted by Gasteiger charge is 2.18. The molecular weight excluding hydrogens is 364 g/mol. The number of nitrogens with one attached hydrogen (secondary N) is 1. The minimum Gasteiger partial charge on any atom is -0.477 e. The topological polar surface area (TPSA) is 123 Å². The Bertz CT molecular complexity index is 1070. The molecule has 8 heteroatoms. The summed E-state index contributed by atoms with van der Waals surface area (Å²) < 4.78 is 5.53. The zero-order chi connectivity index (χ0) is 20.1. The highest BCUT2D eigenvalue weighted by Crippen LogP contribution is 2.31. The first kappa shape index (κ1) is 18.6. The second kappa shape index (κ2) is 8.00. The molecule has 28 heavy (non-hydrogen) atoms. The number of hydrogen-bond donors (Lipinski definition) is 2. The summed E-state index contributed by atoms with van der Waals surface area (Å²) in [6, 6.07) is 17.1. The smallest absolute Gasteiger partial charge is 0.352 e. The summed E-state index contributed by atoms with van der Waals surface area (Å²) in [4.78, 5) is 34.3. The van der Waals surface area contributed by atoms with Gasteiger partial charge in [0.25, 0.3) is 11.6 Å². The Kier molecular flexibility index (Phi) is 5.31. The Morgan fingerprint density at radius 2 is 1.68 bits per heavy atom. The average Bonchev–Trinajstić information content (AvgIpc) is 3.16. The number of carboxylic acid groups (broad SMARTS) is 1. The van der Waals surface area contributed by atoms with Gasteiger partial charge in [0.2, 0.25) is 0 Å². The molecule has 2 aromatic carbocycles. The fourth-order valence-electron chi connectivity index (χ4n) is 2.49. The van der Waals surface area contributed by atoms with Crippen LogP contribution in [0.5, 0.6) is 0 Å². The molecule has 140 valence electrons. The van der Waals surface area contributed by atoms with Crippen molar-refractivity contribution in [3.05, 3.63) is 93.9 Å². The van der Waals surface area contributed by atoms with Gasteiger partial charge in [-0.3, -0.25) is 14.9 Å². The van der Waals surface area contributed by atoms with E-state index in [1.165, 1.54) is 30.3 Å². The second-order valence-corrected chi connectivity index (χ2v) is 5.66. The van der Waals surface area contributed by atoms with Crippen LogP contribution in [0, 0.1) is 10.1 Å². The van der Waals surface area contributed by atoms with E-state index in [1.807, 2.05) is 0 Å². The van der Waals surface area contributed by atoms with E-state index in [2.05, 4.69) is 5.32 Å². The maximum atomic E-state index is 12.2. The van der Waals surface area contributed by atoms with Gasteiger partial charge in [-0.1, -0.05) is 30.3 Å². The van der Waals surface area contributed by atoms with Crippen molar-refractivity contribution in [2.45, 2.75) is 0 Å². The van der Waals surface area contributed by atoms with Crippen LogP contribution in [-0.4, -0.2) is 21.9 Å². The molecule has 0 unspecified atom stereocenters. The standard InChI is InChI=1S/C20H14N2O6/c23-19(13-6-2-1-3-7-13)21-16(20(24)25)12-14-10-11-18(28-14)15-8-4-5-9-17(15)22(26)27/h1-12H,(H,21,23)(H,24,25)/b16-12+. The number of nitrogens with zero attached hydrogens (tertiary/aromatic N) is 1. The summed E-state index contributed by atoms with van der Waals surface area (Å²) in [5.41, 5.74) is 0.0348. The molecule has 0 saturated heterocycles. The van der Waals surface area contributed by atoms with E-state index in [0.717, 1.165) is 6.08 Å². The predicted octanol–water partition coefficient (Wildman–Crippen LogP) is 3.71.